The van der Waals surface area contributed by atoms with Gasteiger partial charge in [0.2, 0.25) is 0 Å². The van der Waals surface area contributed by atoms with Gasteiger partial charge in [-0.15, -0.1) is 0 Å². The van der Waals surface area contributed by atoms with Crippen LogP contribution in [0.5, 0.6) is 0 Å². The summed E-state index contributed by atoms with van der Waals surface area (Å²) in [5.74, 6) is -0.971. The van der Waals surface area contributed by atoms with Crippen molar-refractivity contribution in [2.24, 2.45) is 0 Å². The first-order valence-corrected chi connectivity index (χ1v) is 6.26. The fraction of sp³-hybridized carbons (Fsp3) is 0.0625. The number of benzene rings is 2. The maximum absolute atomic E-state index is 13.1. The Kier molecular flexibility index (Phi) is 3.29. The van der Waals surface area contributed by atoms with Gasteiger partial charge in [-0.1, -0.05) is 24.3 Å². The molecule has 0 saturated carbocycles. The van der Waals surface area contributed by atoms with E-state index in [0.717, 1.165) is 17.0 Å². The Morgan fingerprint density at radius 2 is 1.75 bits per heavy atom. The normalized spacial score (nSPS) is 10.7. The molecule has 1 heterocycles. The van der Waals surface area contributed by atoms with Crippen LogP contribution in [0.2, 0.25) is 0 Å². The largest absolute Gasteiger partial charge is 0.366 e. The van der Waals surface area contributed by atoms with Gasteiger partial charge in [-0.3, -0.25) is 0 Å². The molecule has 0 aliphatic heterocycles. The van der Waals surface area contributed by atoms with E-state index in [1.165, 1.54) is 6.07 Å². The third-order valence-corrected chi connectivity index (χ3v) is 3.06. The molecular weight excluding hydrogens is 258 g/mol. The molecule has 0 fully saturated rings. The minimum atomic E-state index is -0.837. The van der Waals surface area contributed by atoms with E-state index in [9.17, 15) is 8.78 Å². The summed E-state index contributed by atoms with van der Waals surface area (Å²) in [6.45, 7) is 0.391. The Morgan fingerprint density at radius 1 is 0.900 bits per heavy atom. The number of rotatable bonds is 3. The van der Waals surface area contributed by atoms with Gasteiger partial charge in [0.15, 0.2) is 11.6 Å². The number of hydrogen-bond donors (Lipinski definition) is 1. The number of para-hydroxylation sites is 1. The quantitative estimate of drug-likeness (QED) is 0.774. The van der Waals surface area contributed by atoms with Gasteiger partial charge in [0.05, 0.1) is 5.52 Å². The van der Waals surface area contributed by atoms with Gasteiger partial charge >= 0.3 is 0 Å². The number of nitrogens with one attached hydrogen (secondary N) is 1. The number of halogens is 2. The monoisotopic (exact) mass is 270 g/mol. The van der Waals surface area contributed by atoms with Crippen LogP contribution in [-0.2, 0) is 6.54 Å². The second kappa shape index (κ2) is 5.25. The molecule has 3 rings (SSSR count). The summed E-state index contributed by atoms with van der Waals surface area (Å²) in [6, 6.07) is 15.5. The lowest BCUT2D eigenvalue weighted by molar-refractivity contribution is 0.507. The van der Waals surface area contributed by atoms with Crippen molar-refractivity contribution in [3.05, 3.63) is 71.8 Å². The zero-order chi connectivity index (χ0) is 13.9. The van der Waals surface area contributed by atoms with E-state index in [1.807, 2.05) is 36.4 Å². The van der Waals surface area contributed by atoms with Crippen LogP contribution >= 0.6 is 0 Å². The summed E-state index contributed by atoms with van der Waals surface area (Å²) >= 11 is 0. The van der Waals surface area contributed by atoms with Crippen molar-refractivity contribution in [1.29, 1.82) is 0 Å². The molecule has 1 aromatic heterocycles. The number of pyridine rings is 1. The maximum Gasteiger partial charge on any atom is 0.159 e. The Bertz CT molecular complexity index is 756. The van der Waals surface area contributed by atoms with Crippen molar-refractivity contribution < 1.29 is 8.78 Å². The van der Waals surface area contributed by atoms with E-state index in [0.29, 0.717) is 17.9 Å². The molecule has 0 amide bonds. The average molecular weight is 270 g/mol. The SMILES string of the molecule is Fc1ccc(CNc2ccc3ccccc3n2)cc1F. The van der Waals surface area contributed by atoms with Crippen molar-refractivity contribution in [2.45, 2.75) is 6.54 Å². The van der Waals surface area contributed by atoms with Gasteiger partial charge in [0.1, 0.15) is 5.82 Å². The molecular formula is C16H12F2N2. The smallest absolute Gasteiger partial charge is 0.159 e. The van der Waals surface area contributed by atoms with Crippen molar-refractivity contribution in [1.82, 2.24) is 4.98 Å². The van der Waals surface area contributed by atoms with Gasteiger partial charge in [0.25, 0.3) is 0 Å². The lowest BCUT2D eigenvalue weighted by Crippen LogP contribution is -2.02. The highest BCUT2D eigenvalue weighted by Crippen LogP contribution is 2.16. The number of anilines is 1. The first-order valence-electron chi connectivity index (χ1n) is 6.26. The van der Waals surface area contributed by atoms with Crippen LogP contribution in [0.1, 0.15) is 5.56 Å². The van der Waals surface area contributed by atoms with Crippen LogP contribution in [0.15, 0.2) is 54.6 Å². The number of aromatic nitrogens is 1. The highest BCUT2D eigenvalue weighted by Gasteiger charge is 2.03. The van der Waals surface area contributed by atoms with Crippen LogP contribution in [-0.4, -0.2) is 4.98 Å². The molecule has 4 heteroatoms. The van der Waals surface area contributed by atoms with Crippen molar-refractivity contribution in [3.63, 3.8) is 0 Å². The van der Waals surface area contributed by atoms with Gasteiger partial charge in [0, 0.05) is 11.9 Å². The zero-order valence-electron chi connectivity index (χ0n) is 10.6. The molecule has 1 N–H and O–H groups in total. The van der Waals surface area contributed by atoms with Crippen LogP contribution in [0, 0.1) is 11.6 Å². The van der Waals surface area contributed by atoms with Crippen molar-refractivity contribution in [3.8, 4) is 0 Å². The van der Waals surface area contributed by atoms with Crippen LogP contribution < -0.4 is 5.32 Å². The predicted molar refractivity (Wildman–Crippen MR) is 75.4 cm³/mol. The second-order valence-corrected chi connectivity index (χ2v) is 4.49. The summed E-state index contributed by atoms with van der Waals surface area (Å²) in [5.41, 5.74) is 1.56. The molecule has 0 unspecified atom stereocenters. The van der Waals surface area contributed by atoms with Crippen molar-refractivity contribution in [2.75, 3.05) is 5.32 Å². The predicted octanol–water partition coefficient (Wildman–Crippen LogP) is 4.13. The summed E-state index contributed by atoms with van der Waals surface area (Å²) in [4.78, 5) is 4.45. The summed E-state index contributed by atoms with van der Waals surface area (Å²) in [6.07, 6.45) is 0. The molecule has 3 aromatic rings. The molecule has 0 radical (unpaired) electrons. The van der Waals surface area contributed by atoms with E-state index in [-0.39, 0.29) is 0 Å². The molecule has 100 valence electrons. The molecule has 20 heavy (non-hydrogen) atoms. The fourth-order valence-electron chi connectivity index (χ4n) is 2.01. The molecule has 0 aliphatic carbocycles. The molecule has 2 aromatic carbocycles. The van der Waals surface area contributed by atoms with E-state index >= 15 is 0 Å². The standard InChI is InChI=1S/C16H12F2N2/c17-13-7-5-11(9-14(13)18)10-19-16-8-6-12-3-1-2-4-15(12)20-16/h1-9H,10H2,(H,19,20). The van der Waals surface area contributed by atoms with Crippen LogP contribution in [0.25, 0.3) is 10.9 Å². The van der Waals surface area contributed by atoms with E-state index < -0.39 is 11.6 Å². The minimum Gasteiger partial charge on any atom is -0.366 e. The summed E-state index contributed by atoms with van der Waals surface area (Å²) < 4.78 is 25.9. The topological polar surface area (TPSA) is 24.9 Å². The third-order valence-electron chi connectivity index (χ3n) is 3.06. The lowest BCUT2D eigenvalue weighted by Gasteiger charge is -2.07. The zero-order valence-corrected chi connectivity index (χ0v) is 10.6. The first kappa shape index (κ1) is 12.5. The van der Waals surface area contributed by atoms with Gasteiger partial charge in [-0.05, 0) is 35.9 Å². The summed E-state index contributed by atoms with van der Waals surface area (Å²) in [7, 11) is 0. The molecule has 2 nitrogen and oxygen atoms in total. The molecule has 0 bridgehead atoms. The van der Waals surface area contributed by atoms with E-state index in [2.05, 4.69) is 10.3 Å². The fourth-order valence-corrected chi connectivity index (χ4v) is 2.01. The highest BCUT2D eigenvalue weighted by atomic mass is 19.2. The minimum absolute atomic E-state index is 0.391. The number of nitrogens with zero attached hydrogens (tertiary/aromatic N) is 1. The van der Waals surface area contributed by atoms with Gasteiger partial charge in [-0.2, -0.15) is 0 Å². The second-order valence-electron chi connectivity index (χ2n) is 4.49. The van der Waals surface area contributed by atoms with Gasteiger partial charge in [-0.25, -0.2) is 13.8 Å². The average Bonchev–Trinajstić information content (AvgIpc) is 2.48. The third kappa shape index (κ3) is 2.59. The van der Waals surface area contributed by atoms with Crippen molar-refractivity contribution >= 4 is 16.7 Å². The number of fused-ring (bicyclic) bond motifs is 1. The van der Waals surface area contributed by atoms with Crippen LogP contribution in [0.4, 0.5) is 14.6 Å². The Morgan fingerprint density at radius 3 is 2.60 bits per heavy atom. The van der Waals surface area contributed by atoms with E-state index in [1.54, 1.807) is 6.07 Å². The Balaban J connectivity index is 1.77. The molecule has 0 aliphatic rings. The molecule has 0 spiro atoms. The maximum atomic E-state index is 13.1. The molecule has 0 atom stereocenters. The van der Waals surface area contributed by atoms with Crippen LogP contribution in [0.3, 0.4) is 0 Å². The summed E-state index contributed by atoms with van der Waals surface area (Å²) in [5, 5.41) is 4.16. The Hall–Kier alpha value is -2.49. The molecule has 0 saturated heterocycles. The van der Waals surface area contributed by atoms with Gasteiger partial charge < -0.3 is 5.32 Å². The number of hydrogen-bond acceptors (Lipinski definition) is 2. The van der Waals surface area contributed by atoms with E-state index in [4.69, 9.17) is 0 Å². The first-order chi connectivity index (χ1) is 9.72. The highest BCUT2D eigenvalue weighted by molar-refractivity contribution is 5.80. The lowest BCUT2D eigenvalue weighted by atomic mass is 10.2. The Labute approximate surface area is 115 Å².